The highest BCUT2D eigenvalue weighted by atomic mass is 16.5. The molecule has 0 radical (unpaired) electrons. The molecule has 2 atom stereocenters. The summed E-state index contributed by atoms with van der Waals surface area (Å²) in [6, 6.07) is -0.622. The van der Waals surface area contributed by atoms with Crippen LogP contribution in [0.15, 0.2) is 0 Å². The summed E-state index contributed by atoms with van der Waals surface area (Å²) in [5, 5.41) is 2.49. The van der Waals surface area contributed by atoms with Gasteiger partial charge in [0.15, 0.2) is 0 Å². The Hall–Kier alpha value is -1.30. The lowest BCUT2D eigenvalue weighted by Gasteiger charge is -2.28. The molecule has 0 aliphatic carbocycles. The lowest BCUT2D eigenvalue weighted by molar-refractivity contribution is -0.134. The van der Waals surface area contributed by atoms with Gasteiger partial charge >= 0.3 is 6.09 Å². The third-order valence-corrected chi connectivity index (χ3v) is 2.35. The first-order chi connectivity index (χ1) is 7.31. The average Bonchev–Trinajstić information content (AvgIpc) is 2.22. The second-order valence-corrected chi connectivity index (χ2v) is 4.05. The quantitative estimate of drug-likeness (QED) is 0.673. The third kappa shape index (κ3) is 4.06. The summed E-state index contributed by atoms with van der Waals surface area (Å²) in [5.74, 6) is -0.261. The molecule has 0 bridgehead atoms. The number of carbonyl (C=O) groups excluding carboxylic acids is 2. The van der Waals surface area contributed by atoms with Gasteiger partial charge in [0.05, 0.1) is 13.3 Å². The van der Waals surface area contributed by atoms with Crippen molar-refractivity contribution in [1.82, 2.24) is 10.2 Å². The van der Waals surface area contributed by atoms with E-state index in [4.69, 9.17) is 5.73 Å². The molecule has 0 saturated carbocycles. The maximum atomic E-state index is 12.0. The first kappa shape index (κ1) is 14.7. The lowest BCUT2D eigenvalue weighted by Crippen LogP contribution is -2.53. The molecule has 0 aromatic heterocycles. The highest BCUT2D eigenvalue weighted by Crippen LogP contribution is 2.06. The topological polar surface area (TPSA) is 84.7 Å². The smallest absolute Gasteiger partial charge is 0.407 e. The van der Waals surface area contributed by atoms with Crippen molar-refractivity contribution in [3.63, 3.8) is 0 Å². The molecular formula is C10H21N3O3. The maximum Gasteiger partial charge on any atom is 0.407 e. The summed E-state index contributed by atoms with van der Waals surface area (Å²) in [5.41, 5.74) is 5.60. The van der Waals surface area contributed by atoms with Gasteiger partial charge in [-0.1, -0.05) is 13.8 Å². The summed E-state index contributed by atoms with van der Waals surface area (Å²) < 4.78 is 4.47. The molecule has 0 fully saturated rings. The number of methoxy groups -OCH3 is 1. The maximum absolute atomic E-state index is 12.0. The fraction of sp³-hybridized carbons (Fsp3) is 0.800. The fourth-order valence-electron chi connectivity index (χ4n) is 1.12. The van der Waals surface area contributed by atoms with E-state index >= 15 is 0 Å². The Bertz CT molecular complexity index is 254. The standard InChI is InChI=1S/C10H21N3O3/c1-6(2)8(12-10(15)16-5)9(14)13(4)7(3)11/h6-8H,11H2,1-5H3,(H,12,15)/t7-,8+/m0/s1. The third-order valence-electron chi connectivity index (χ3n) is 2.35. The van der Waals surface area contributed by atoms with Gasteiger partial charge in [0, 0.05) is 7.05 Å². The van der Waals surface area contributed by atoms with Crippen molar-refractivity contribution in [1.29, 1.82) is 0 Å². The van der Waals surface area contributed by atoms with Crippen LogP contribution in [0.4, 0.5) is 4.79 Å². The normalized spacial score (nSPS) is 14.2. The fourth-order valence-corrected chi connectivity index (χ4v) is 1.12. The van der Waals surface area contributed by atoms with Gasteiger partial charge in [0.1, 0.15) is 6.04 Å². The first-order valence-corrected chi connectivity index (χ1v) is 5.18. The van der Waals surface area contributed by atoms with E-state index in [0.717, 1.165) is 0 Å². The van der Waals surface area contributed by atoms with Crippen molar-refractivity contribution in [2.24, 2.45) is 11.7 Å². The van der Waals surface area contributed by atoms with Crippen LogP contribution in [0.2, 0.25) is 0 Å². The van der Waals surface area contributed by atoms with Crippen molar-refractivity contribution in [2.45, 2.75) is 33.0 Å². The lowest BCUT2D eigenvalue weighted by atomic mass is 10.0. The van der Waals surface area contributed by atoms with Crippen LogP contribution in [0.1, 0.15) is 20.8 Å². The summed E-state index contributed by atoms with van der Waals surface area (Å²) in [6.45, 7) is 5.38. The number of rotatable bonds is 4. The van der Waals surface area contributed by atoms with Gasteiger partial charge in [-0.2, -0.15) is 0 Å². The molecule has 0 aliphatic rings. The number of hydrogen-bond acceptors (Lipinski definition) is 4. The predicted molar refractivity (Wildman–Crippen MR) is 60.6 cm³/mol. The van der Waals surface area contributed by atoms with E-state index in [0.29, 0.717) is 0 Å². The molecule has 94 valence electrons. The van der Waals surface area contributed by atoms with Gasteiger partial charge < -0.3 is 20.7 Å². The molecule has 0 rings (SSSR count). The van der Waals surface area contributed by atoms with Crippen molar-refractivity contribution in [3.8, 4) is 0 Å². The highest BCUT2D eigenvalue weighted by molar-refractivity contribution is 5.85. The number of likely N-dealkylation sites (N-methyl/N-ethyl adjacent to an activating group) is 1. The Morgan fingerprint density at radius 2 is 1.81 bits per heavy atom. The van der Waals surface area contributed by atoms with E-state index in [1.165, 1.54) is 12.0 Å². The molecule has 6 nitrogen and oxygen atoms in total. The number of nitrogens with zero attached hydrogens (tertiary/aromatic N) is 1. The van der Waals surface area contributed by atoms with Crippen LogP contribution in [0, 0.1) is 5.92 Å². The highest BCUT2D eigenvalue weighted by Gasteiger charge is 2.28. The number of amides is 2. The minimum absolute atomic E-state index is 0.0344. The van der Waals surface area contributed by atoms with E-state index in [-0.39, 0.29) is 11.8 Å². The molecule has 0 aromatic carbocycles. The van der Waals surface area contributed by atoms with Crippen molar-refractivity contribution >= 4 is 12.0 Å². The molecule has 6 heteroatoms. The molecule has 3 N–H and O–H groups in total. The SMILES string of the molecule is COC(=O)N[C@@H](C(=O)N(C)[C@@H](C)N)C(C)C. The predicted octanol–water partition coefficient (Wildman–Crippen LogP) is 0.130. The van der Waals surface area contributed by atoms with Crippen molar-refractivity contribution < 1.29 is 14.3 Å². The van der Waals surface area contributed by atoms with Crippen LogP contribution in [-0.4, -0.2) is 43.3 Å². The number of hydrogen-bond donors (Lipinski definition) is 2. The molecule has 16 heavy (non-hydrogen) atoms. The molecule has 0 saturated heterocycles. The van der Waals surface area contributed by atoms with Crippen LogP contribution in [0.3, 0.4) is 0 Å². The van der Waals surface area contributed by atoms with E-state index in [9.17, 15) is 9.59 Å². The zero-order valence-electron chi connectivity index (χ0n) is 10.5. The molecule has 0 heterocycles. The summed E-state index contributed by atoms with van der Waals surface area (Å²) in [4.78, 5) is 24.4. The van der Waals surface area contributed by atoms with Crippen LogP contribution in [0.25, 0.3) is 0 Å². The van der Waals surface area contributed by atoms with Crippen molar-refractivity contribution in [2.75, 3.05) is 14.2 Å². The number of nitrogens with one attached hydrogen (secondary N) is 1. The second-order valence-electron chi connectivity index (χ2n) is 4.05. The minimum atomic E-state index is -0.622. The van der Waals surface area contributed by atoms with E-state index < -0.39 is 18.3 Å². The average molecular weight is 231 g/mol. The van der Waals surface area contributed by atoms with Gasteiger partial charge in [-0.3, -0.25) is 4.79 Å². The van der Waals surface area contributed by atoms with Crippen LogP contribution in [-0.2, 0) is 9.53 Å². The number of carbonyl (C=O) groups is 2. The van der Waals surface area contributed by atoms with E-state index in [2.05, 4.69) is 10.1 Å². The summed E-state index contributed by atoms with van der Waals surface area (Å²) in [7, 11) is 2.85. The van der Waals surface area contributed by atoms with Crippen LogP contribution in [0.5, 0.6) is 0 Å². The monoisotopic (exact) mass is 231 g/mol. The van der Waals surface area contributed by atoms with E-state index in [1.807, 2.05) is 13.8 Å². The Labute approximate surface area is 96.1 Å². The molecule has 0 aliphatic heterocycles. The van der Waals surface area contributed by atoms with Gasteiger partial charge in [-0.25, -0.2) is 4.79 Å². The zero-order valence-corrected chi connectivity index (χ0v) is 10.5. The largest absolute Gasteiger partial charge is 0.453 e. The van der Waals surface area contributed by atoms with Gasteiger partial charge in [-0.05, 0) is 12.8 Å². The summed E-state index contributed by atoms with van der Waals surface area (Å²) >= 11 is 0. The second kappa shape index (κ2) is 6.32. The Morgan fingerprint density at radius 3 is 2.12 bits per heavy atom. The van der Waals surface area contributed by atoms with Crippen LogP contribution >= 0.6 is 0 Å². The van der Waals surface area contributed by atoms with Crippen LogP contribution < -0.4 is 11.1 Å². The molecule has 0 spiro atoms. The Morgan fingerprint density at radius 1 is 1.31 bits per heavy atom. The number of alkyl carbamates (subject to hydrolysis) is 1. The Kier molecular flexibility index (Phi) is 5.81. The van der Waals surface area contributed by atoms with E-state index in [1.54, 1.807) is 14.0 Å². The number of nitrogens with two attached hydrogens (primary N) is 1. The summed E-state index contributed by atoms with van der Waals surface area (Å²) in [6.07, 6.45) is -1.02. The molecule has 0 aromatic rings. The van der Waals surface area contributed by atoms with Gasteiger partial charge in [0.2, 0.25) is 5.91 Å². The number of ether oxygens (including phenoxy) is 1. The zero-order chi connectivity index (χ0) is 12.9. The van der Waals surface area contributed by atoms with Gasteiger partial charge in [-0.15, -0.1) is 0 Å². The Balaban J connectivity index is 4.66. The minimum Gasteiger partial charge on any atom is -0.453 e. The van der Waals surface area contributed by atoms with Crippen molar-refractivity contribution in [3.05, 3.63) is 0 Å². The molecule has 0 unspecified atom stereocenters. The van der Waals surface area contributed by atoms with Gasteiger partial charge in [0.25, 0.3) is 0 Å². The molecular weight excluding hydrogens is 210 g/mol. The molecule has 2 amide bonds. The first-order valence-electron chi connectivity index (χ1n) is 5.18.